The number of aromatic nitrogens is 1. The summed E-state index contributed by atoms with van der Waals surface area (Å²) in [6, 6.07) is 7.88. The van der Waals surface area contributed by atoms with Crippen LogP contribution in [0.5, 0.6) is 0 Å². The van der Waals surface area contributed by atoms with Crippen LogP contribution in [0.2, 0.25) is 5.15 Å². The molecule has 2 aromatic rings. The minimum absolute atomic E-state index is 0.274. The highest BCUT2D eigenvalue weighted by Crippen LogP contribution is 2.21. The van der Waals surface area contributed by atoms with Crippen molar-refractivity contribution in [1.82, 2.24) is 4.98 Å². The third-order valence-electron chi connectivity index (χ3n) is 2.75. The molecule has 0 aliphatic heterocycles. The monoisotopic (exact) mass is 250 g/mol. The van der Waals surface area contributed by atoms with Crippen molar-refractivity contribution in [3.8, 4) is 0 Å². The molecule has 0 aliphatic rings. The quantitative estimate of drug-likeness (QED) is 0.820. The van der Waals surface area contributed by atoms with Gasteiger partial charge < -0.3 is 10.8 Å². The van der Waals surface area contributed by atoms with E-state index in [2.05, 4.69) is 4.98 Å². The number of halogens is 1. The van der Waals surface area contributed by atoms with Crippen molar-refractivity contribution >= 4 is 22.5 Å². The maximum Gasteiger partial charge on any atom is 0.132 e. The van der Waals surface area contributed by atoms with Crippen LogP contribution < -0.4 is 5.73 Å². The zero-order valence-electron chi connectivity index (χ0n) is 9.65. The van der Waals surface area contributed by atoms with Gasteiger partial charge in [0.25, 0.3) is 0 Å². The van der Waals surface area contributed by atoms with Crippen molar-refractivity contribution in [3.63, 3.8) is 0 Å². The van der Waals surface area contributed by atoms with Crippen LogP contribution in [0.15, 0.2) is 24.3 Å². The number of nitrogens with zero attached hydrogens (tertiary/aromatic N) is 1. The summed E-state index contributed by atoms with van der Waals surface area (Å²) in [5.41, 5.74) is 8.27. The van der Waals surface area contributed by atoms with E-state index in [1.54, 1.807) is 0 Å². The van der Waals surface area contributed by atoms with Gasteiger partial charge in [-0.1, -0.05) is 17.7 Å². The first-order valence-corrected chi connectivity index (χ1v) is 5.92. The molecule has 4 heteroatoms. The van der Waals surface area contributed by atoms with Gasteiger partial charge in [-0.3, -0.25) is 0 Å². The van der Waals surface area contributed by atoms with Crippen LogP contribution in [0.4, 0.5) is 0 Å². The van der Waals surface area contributed by atoms with Crippen LogP contribution >= 0.6 is 11.6 Å². The Hall–Kier alpha value is -1.16. The molecule has 0 bridgehead atoms. The summed E-state index contributed by atoms with van der Waals surface area (Å²) >= 11 is 5.97. The number of pyridine rings is 1. The predicted octanol–water partition coefficient (Wildman–Crippen LogP) is 2.06. The van der Waals surface area contributed by atoms with Crippen molar-refractivity contribution in [3.05, 3.63) is 40.5 Å². The van der Waals surface area contributed by atoms with Crippen molar-refractivity contribution in [1.29, 1.82) is 0 Å². The molecule has 0 fully saturated rings. The van der Waals surface area contributed by atoms with E-state index in [-0.39, 0.29) is 6.54 Å². The number of hydrogen-bond donors (Lipinski definition) is 2. The Balaban J connectivity index is 2.40. The van der Waals surface area contributed by atoms with Crippen molar-refractivity contribution in [2.45, 2.75) is 19.4 Å². The Morgan fingerprint density at radius 1 is 1.41 bits per heavy atom. The minimum Gasteiger partial charge on any atom is -0.391 e. The molecule has 0 radical (unpaired) electrons. The number of hydrogen-bond acceptors (Lipinski definition) is 3. The van der Waals surface area contributed by atoms with Gasteiger partial charge in [0.05, 0.1) is 11.6 Å². The number of benzene rings is 1. The third kappa shape index (κ3) is 2.75. The summed E-state index contributed by atoms with van der Waals surface area (Å²) in [7, 11) is 0. The molecule has 17 heavy (non-hydrogen) atoms. The van der Waals surface area contributed by atoms with Crippen molar-refractivity contribution < 1.29 is 5.11 Å². The highest BCUT2D eigenvalue weighted by atomic mass is 35.5. The second kappa shape index (κ2) is 5.00. The van der Waals surface area contributed by atoms with E-state index < -0.39 is 6.10 Å². The summed E-state index contributed by atoms with van der Waals surface area (Å²) in [5, 5.41) is 11.1. The lowest BCUT2D eigenvalue weighted by Crippen LogP contribution is -2.21. The van der Waals surface area contributed by atoms with E-state index in [0.29, 0.717) is 11.6 Å². The average Bonchev–Trinajstić information content (AvgIpc) is 2.31. The molecule has 1 aromatic carbocycles. The summed E-state index contributed by atoms with van der Waals surface area (Å²) < 4.78 is 0. The van der Waals surface area contributed by atoms with Gasteiger partial charge in [-0.15, -0.1) is 0 Å². The van der Waals surface area contributed by atoms with Crippen molar-refractivity contribution in [2.75, 3.05) is 6.54 Å². The summed E-state index contributed by atoms with van der Waals surface area (Å²) in [6.07, 6.45) is 0.0718. The summed E-state index contributed by atoms with van der Waals surface area (Å²) in [6.45, 7) is 2.20. The van der Waals surface area contributed by atoms with E-state index >= 15 is 0 Å². The molecular formula is C13H15ClN2O. The fourth-order valence-corrected chi connectivity index (χ4v) is 1.94. The Morgan fingerprint density at radius 2 is 2.18 bits per heavy atom. The van der Waals surface area contributed by atoms with E-state index in [1.165, 1.54) is 0 Å². The average molecular weight is 251 g/mol. The number of aliphatic hydroxyl groups is 1. The Labute approximate surface area is 105 Å². The van der Waals surface area contributed by atoms with Gasteiger partial charge in [-0.05, 0) is 42.7 Å². The largest absolute Gasteiger partial charge is 0.391 e. The Kier molecular flexibility index (Phi) is 3.62. The van der Waals surface area contributed by atoms with E-state index in [9.17, 15) is 5.11 Å². The van der Waals surface area contributed by atoms with Crippen LogP contribution in [0.1, 0.15) is 11.1 Å². The van der Waals surface area contributed by atoms with E-state index in [1.807, 2.05) is 31.2 Å². The maximum atomic E-state index is 9.52. The van der Waals surface area contributed by atoms with Gasteiger partial charge in [0.15, 0.2) is 0 Å². The number of rotatable bonds is 3. The van der Waals surface area contributed by atoms with E-state index in [0.717, 1.165) is 22.0 Å². The van der Waals surface area contributed by atoms with Gasteiger partial charge in [0.2, 0.25) is 0 Å². The molecule has 0 spiro atoms. The first-order chi connectivity index (χ1) is 8.10. The molecular weight excluding hydrogens is 236 g/mol. The molecule has 0 saturated heterocycles. The lowest BCUT2D eigenvalue weighted by atomic mass is 10.0. The Bertz CT molecular complexity index is 542. The second-order valence-corrected chi connectivity index (χ2v) is 4.57. The molecule has 1 heterocycles. The smallest absolute Gasteiger partial charge is 0.132 e. The maximum absolute atomic E-state index is 9.52. The van der Waals surface area contributed by atoms with Crippen molar-refractivity contribution in [2.24, 2.45) is 5.73 Å². The molecule has 90 valence electrons. The highest BCUT2D eigenvalue weighted by Gasteiger charge is 2.06. The topological polar surface area (TPSA) is 59.1 Å². The standard InChI is InChI=1S/C13H15ClN2O/c1-8-4-10-5-9(6-11(17)7-15)2-3-12(10)16-13(8)14/h2-5,11,17H,6-7,15H2,1H3. The third-order valence-corrected chi connectivity index (χ3v) is 3.13. The molecule has 0 aliphatic carbocycles. The van der Waals surface area contributed by atoms with Gasteiger partial charge in [-0.25, -0.2) is 4.98 Å². The lowest BCUT2D eigenvalue weighted by Gasteiger charge is -2.09. The van der Waals surface area contributed by atoms with Crippen LogP contribution in [-0.4, -0.2) is 22.7 Å². The Morgan fingerprint density at radius 3 is 2.88 bits per heavy atom. The van der Waals surface area contributed by atoms with Gasteiger partial charge in [0.1, 0.15) is 5.15 Å². The first kappa shape index (κ1) is 12.3. The molecule has 2 rings (SSSR count). The van der Waals surface area contributed by atoms with Gasteiger partial charge in [0, 0.05) is 11.9 Å². The van der Waals surface area contributed by atoms with Gasteiger partial charge >= 0.3 is 0 Å². The first-order valence-electron chi connectivity index (χ1n) is 5.54. The lowest BCUT2D eigenvalue weighted by molar-refractivity contribution is 0.183. The van der Waals surface area contributed by atoms with Crippen LogP contribution in [-0.2, 0) is 6.42 Å². The summed E-state index contributed by atoms with van der Waals surface area (Å²) in [4.78, 5) is 4.29. The highest BCUT2D eigenvalue weighted by molar-refractivity contribution is 6.30. The molecule has 1 aromatic heterocycles. The zero-order valence-corrected chi connectivity index (χ0v) is 10.4. The normalized spacial score (nSPS) is 12.9. The SMILES string of the molecule is Cc1cc2cc(CC(O)CN)ccc2nc1Cl. The van der Waals surface area contributed by atoms with Crippen LogP contribution in [0.25, 0.3) is 10.9 Å². The van der Waals surface area contributed by atoms with Gasteiger partial charge in [-0.2, -0.15) is 0 Å². The molecule has 1 atom stereocenters. The predicted molar refractivity (Wildman–Crippen MR) is 70.3 cm³/mol. The molecule has 3 nitrogen and oxygen atoms in total. The zero-order chi connectivity index (χ0) is 12.4. The summed E-state index contributed by atoms with van der Waals surface area (Å²) in [5.74, 6) is 0. The van der Waals surface area contributed by atoms with Crippen LogP contribution in [0.3, 0.4) is 0 Å². The second-order valence-electron chi connectivity index (χ2n) is 4.22. The molecule has 3 N–H and O–H groups in total. The number of aliphatic hydroxyl groups excluding tert-OH is 1. The number of aryl methyl sites for hydroxylation is 1. The van der Waals surface area contributed by atoms with E-state index in [4.69, 9.17) is 17.3 Å². The molecule has 0 saturated carbocycles. The fourth-order valence-electron chi connectivity index (χ4n) is 1.79. The molecule has 1 unspecified atom stereocenters. The molecule has 0 amide bonds. The fraction of sp³-hybridized carbons (Fsp3) is 0.308. The number of nitrogens with two attached hydrogens (primary N) is 1. The number of fused-ring (bicyclic) bond motifs is 1. The van der Waals surface area contributed by atoms with Crippen LogP contribution in [0, 0.1) is 6.92 Å². The minimum atomic E-state index is -0.492.